The molecule has 2 atom stereocenters. The Bertz CT molecular complexity index is 837. The highest BCUT2D eigenvalue weighted by Gasteiger charge is 2.44. The van der Waals surface area contributed by atoms with Crippen molar-refractivity contribution in [1.29, 1.82) is 0 Å². The molecule has 3 rings (SSSR count). The molecule has 1 aliphatic heterocycles. The Morgan fingerprint density at radius 3 is 2.15 bits per heavy atom. The van der Waals surface area contributed by atoms with Gasteiger partial charge in [0.1, 0.15) is 11.7 Å². The predicted molar refractivity (Wildman–Crippen MR) is 107 cm³/mol. The molecule has 4 nitrogen and oxygen atoms in total. The molecule has 0 saturated carbocycles. The monoisotopic (exact) mass is 365 g/mol. The number of hydrogen-bond donors (Lipinski definition) is 0. The summed E-state index contributed by atoms with van der Waals surface area (Å²) in [6.07, 6.45) is 0. The van der Waals surface area contributed by atoms with Gasteiger partial charge in [-0.1, -0.05) is 42.0 Å². The van der Waals surface area contributed by atoms with E-state index in [1.54, 1.807) is 7.11 Å². The number of carbonyl (C=O) groups excluding carboxylic acids is 1. The van der Waals surface area contributed by atoms with Gasteiger partial charge in [-0.05, 0) is 49.6 Å². The molecule has 0 bridgehead atoms. The third kappa shape index (κ3) is 3.44. The zero-order valence-corrected chi connectivity index (χ0v) is 16.7. The van der Waals surface area contributed by atoms with Crippen LogP contribution >= 0.6 is 0 Å². The lowest BCUT2D eigenvalue weighted by Crippen LogP contribution is -2.30. The first-order valence-electron chi connectivity index (χ1n) is 9.28. The standard InChI is InChI=1S/C23H27NO3/c1-6-24-21(17-9-7-15(2)8-10-17)16(3)20(23(25)27-5)22(24)18-11-13-19(26-4)14-12-18/h7-14,20,22H,6H2,1-5H3. The van der Waals surface area contributed by atoms with Crippen molar-refractivity contribution in [2.24, 2.45) is 5.92 Å². The largest absolute Gasteiger partial charge is 0.497 e. The molecule has 0 amide bonds. The SMILES string of the molecule is CCN1C(c2ccc(C)cc2)=C(C)C(C(=O)OC)C1c1ccc(OC)cc1. The van der Waals surface area contributed by atoms with Gasteiger partial charge in [0.15, 0.2) is 0 Å². The number of ether oxygens (including phenoxy) is 2. The minimum absolute atomic E-state index is 0.0929. The van der Waals surface area contributed by atoms with Crippen LogP contribution in [0.2, 0.25) is 0 Å². The van der Waals surface area contributed by atoms with E-state index >= 15 is 0 Å². The molecule has 4 heteroatoms. The molecule has 1 aliphatic rings. The number of esters is 1. The van der Waals surface area contributed by atoms with Crippen LogP contribution in [0, 0.1) is 12.8 Å². The van der Waals surface area contributed by atoms with Gasteiger partial charge in [0.25, 0.3) is 0 Å². The third-order valence-corrected chi connectivity index (χ3v) is 5.36. The van der Waals surface area contributed by atoms with Crippen LogP contribution in [0.25, 0.3) is 5.70 Å². The molecular formula is C23H27NO3. The second-order valence-electron chi connectivity index (χ2n) is 6.90. The van der Waals surface area contributed by atoms with Crippen LogP contribution in [-0.4, -0.2) is 31.6 Å². The lowest BCUT2D eigenvalue weighted by atomic mass is 9.89. The van der Waals surface area contributed by atoms with Gasteiger partial charge in [-0.25, -0.2) is 0 Å². The molecule has 0 radical (unpaired) electrons. The van der Waals surface area contributed by atoms with E-state index in [1.807, 2.05) is 31.2 Å². The van der Waals surface area contributed by atoms with E-state index in [1.165, 1.54) is 12.7 Å². The topological polar surface area (TPSA) is 38.8 Å². The molecule has 27 heavy (non-hydrogen) atoms. The van der Waals surface area contributed by atoms with Crippen LogP contribution in [-0.2, 0) is 9.53 Å². The van der Waals surface area contributed by atoms with Crippen LogP contribution in [0.4, 0.5) is 0 Å². The van der Waals surface area contributed by atoms with Gasteiger partial charge in [-0.15, -0.1) is 0 Å². The predicted octanol–water partition coefficient (Wildman–Crippen LogP) is 4.60. The summed E-state index contributed by atoms with van der Waals surface area (Å²) in [5.41, 5.74) is 5.59. The van der Waals surface area contributed by atoms with Crippen LogP contribution in [0.15, 0.2) is 54.1 Å². The summed E-state index contributed by atoms with van der Waals surface area (Å²) in [5.74, 6) is 0.270. The van der Waals surface area contributed by atoms with E-state index in [4.69, 9.17) is 9.47 Å². The first-order valence-corrected chi connectivity index (χ1v) is 9.28. The van der Waals surface area contributed by atoms with Crippen molar-refractivity contribution in [2.75, 3.05) is 20.8 Å². The van der Waals surface area contributed by atoms with Crippen molar-refractivity contribution in [3.8, 4) is 5.75 Å². The normalized spacial score (nSPS) is 19.4. The average Bonchev–Trinajstić information content (AvgIpc) is 3.00. The highest BCUT2D eigenvalue weighted by Crippen LogP contribution is 2.47. The quantitative estimate of drug-likeness (QED) is 0.726. The maximum Gasteiger partial charge on any atom is 0.315 e. The number of carbonyl (C=O) groups is 1. The minimum Gasteiger partial charge on any atom is -0.497 e. The Kier molecular flexibility index (Phi) is 5.54. The molecule has 2 aromatic rings. The summed E-state index contributed by atoms with van der Waals surface area (Å²) in [7, 11) is 3.11. The van der Waals surface area contributed by atoms with E-state index in [9.17, 15) is 4.79 Å². The van der Waals surface area contributed by atoms with Gasteiger partial charge in [0, 0.05) is 12.2 Å². The Labute approximate surface area is 161 Å². The average molecular weight is 365 g/mol. The molecule has 1 heterocycles. The van der Waals surface area contributed by atoms with Crippen molar-refractivity contribution in [3.63, 3.8) is 0 Å². The number of methoxy groups -OCH3 is 2. The van der Waals surface area contributed by atoms with E-state index in [-0.39, 0.29) is 17.9 Å². The molecule has 142 valence electrons. The minimum atomic E-state index is -0.334. The van der Waals surface area contributed by atoms with Crippen LogP contribution in [0.1, 0.15) is 36.6 Å². The maximum atomic E-state index is 12.7. The first kappa shape index (κ1) is 19.0. The summed E-state index contributed by atoms with van der Waals surface area (Å²) in [4.78, 5) is 15.0. The van der Waals surface area contributed by atoms with E-state index < -0.39 is 0 Å². The van der Waals surface area contributed by atoms with Crippen LogP contribution in [0.3, 0.4) is 0 Å². The zero-order valence-electron chi connectivity index (χ0n) is 16.7. The van der Waals surface area contributed by atoms with Crippen LogP contribution in [0.5, 0.6) is 5.75 Å². The summed E-state index contributed by atoms with van der Waals surface area (Å²) < 4.78 is 10.5. The summed E-state index contributed by atoms with van der Waals surface area (Å²) in [6.45, 7) is 7.04. The molecule has 0 aliphatic carbocycles. The Balaban J connectivity index is 2.11. The number of nitrogens with zero attached hydrogens (tertiary/aromatic N) is 1. The molecule has 0 saturated heterocycles. The van der Waals surface area contributed by atoms with E-state index in [2.05, 4.69) is 43.0 Å². The van der Waals surface area contributed by atoms with Crippen molar-refractivity contribution < 1.29 is 14.3 Å². The Morgan fingerprint density at radius 1 is 1.00 bits per heavy atom. The summed E-state index contributed by atoms with van der Waals surface area (Å²) >= 11 is 0. The van der Waals surface area contributed by atoms with E-state index in [0.29, 0.717) is 0 Å². The molecule has 0 spiro atoms. The number of rotatable bonds is 5. The van der Waals surface area contributed by atoms with Crippen molar-refractivity contribution in [1.82, 2.24) is 4.90 Å². The number of aryl methyl sites for hydroxylation is 1. The Hall–Kier alpha value is -2.75. The van der Waals surface area contributed by atoms with Gasteiger partial charge in [0.05, 0.1) is 20.3 Å². The molecule has 0 N–H and O–H groups in total. The van der Waals surface area contributed by atoms with Crippen LogP contribution < -0.4 is 4.74 Å². The van der Waals surface area contributed by atoms with Crippen molar-refractivity contribution in [2.45, 2.75) is 26.8 Å². The van der Waals surface area contributed by atoms with Gasteiger partial charge in [0.2, 0.25) is 0 Å². The fourth-order valence-electron chi connectivity index (χ4n) is 4.00. The van der Waals surface area contributed by atoms with Gasteiger partial charge in [-0.3, -0.25) is 4.79 Å². The molecule has 2 unspecified atom stereocenters. The lowest BCUT2D eigenvalue weighted by Gasteiger charge is -2.31. The fourth-order valence-corrected chi connectivity index (χ4v) is 4.00. The van der Waals surface area contributed by atoms with Gasteiger partial charge >= 0.3 is 5.97 Å². The highest BCUT2D eigenvalue weighted by molar-refractivity contribution is 5.84. The Morgan fingerprint density at radius 2 is 1.63 bits per heavy atom. The summed E-state index contributed by atoms with van der Waals surface area (Å²) in [5, 5.41) is 0. The summed E-state index contributed by atoms with van der Waals surface area (Å²) in [6, 6.07) is 16.3. The highest BCUT2D eigenvalue weighted by atomic mass is 16.5. The van der Waals surface area contributed by atoms with Gasteiger partial charge in [-0.2, -0.15) is 0 Å². The lowest BCUT2D eigenvalue weighted by molar-refractivity contribution is -0.145. The van der Waals surface area contributed by atoms with Crippen molar-refractivity contribution >= 4 is 11.7 Å². The molecular weight excluding hydrogens is 338 g/mol. The molecule has 2 aromatic carbocycles. The van der Waals surface area contributed by atoms with E-state index in [0.717, 1.165) is 34.7 Å². The zero-order chi connectivity index (χ0) is 19.6. The number of hydrogen-bond acceptors (Lipinski definition) is 4. The first-order chi connectivity index (χ1) is 13.0. The maximum absolute atomic E-state index is 12.7. The second-order valence-corrected chi connectivity index (χ2v) is 6.90. The smallest absolute Gasteiger partial charge is 0.315 e. The fraction of sp³-hybridized carbons (Fsp3) is 0.348. The van der Waals surface area contributed by atoms with Gasteiger partial charge < -0.3 is 14.4 Å². The number of benzene rings is 2. The molecule has 0 aromatic heterocycles. The third-order valence-electron chi connectivity index (χ3n) is 5.36. The molecule has 0 fully saturated rings. The second kappa shape index (κ2) is 7.87. The van der Waals surface area contributed by atoms with Crippen molar-refractivity contribution in [3.05, 3.63) is 70.8 Å².